The molecule has 41 heavy (non-hydrogen) atoms. The average molecular weight is 579 g/mol. The van der Waals surface area contributed by atoms with Gasteiger partial charge in [-0.2, -0.15) is 0 Å². The number of para-hydroxylation sites is 1. The summed E-state index contributed by atoms with van der Waals surface area (Å²) in [4.78, 5) is 32.5. The SMILES string of the molecule is CCOC(=O)C1=C(C)N=c2s/c(=C/c3ccc(OCC(C)C)c(OCC)c3)c(=O)n2[C@H]1c1ccccc1OC(C)C. The number of thiazole rings is 1. The first-order chi connectivity index (χ1) is 19.6. The predicted octanol–water partition coefficient (Wildman–Crippen LogP) is 5.02. The lowest BCUT2D eigenvalue weighted by atomic mass is 9.95. The Balaban J connectivity index is 1.88. The third-order valence-electron chi connectivity index (χ3n) is 6.23. The molecule has 3 aromatic rings. The highest BCUT2D eigenvalue weighted by atomic mass is 32.1. The van der Waals surface area contributed by atoms with Crippen molar-refractivity contribution < 1.29 is 23.7 Å². The first-order valence-corrected chi connectivity index (χ1v) is 14.8. The molecule has 0 amide bonds. The van der Waals surface area contributed by atoms with Gasteiger partial charge in [0.2, 0.25) is 0 Å². The quantitative estimate of drug-likeness (QED) is 0.297. The molecule has 0 aliphatic carbocycles. The van der Waals surface area contributed by atoms with Crippen LogP contribution in [0.3, 0.4) is 0 Å². The van der Waals surface area contributed by atoms with Crippen LogP contribution in [-0.2, 0) is 9.53 Å². The molecular formula is C32H38N2O6S. The number of hydrogen-bond donors (Lipinski definition) is 0. The van der Waals surface area contributed by atoms with Gasteiger partial charge in [-0.25, -0.2) is 9.79 Å². The van der Waals surface area contributed by atoms with E-state index >= 15 is 0 Å². The second kappa shape index (κ2) is 13.2. The predicted molar refractivity (Wildman–Crippen MR) is 161 cm³/mol. The summed E-state index contributed by atoms with van der Waals surface area (Å²) >= 11 is 1.27. The van der Waals surface area contributed by atoms with E-state index in [2.05, 4.69) is 18.8 Å². The van der Waals surface area contributed by atoms with Crippen molar-refractivity contribution in [3.8, 4) is 17.2 Å². The standard InChI is InChI=1S/C32H38N2O6S/c1-8-37-26-16-22(14-15-25(26)39-18-19(3)4)17-27-30(35)34-29(23-12-10-11-13-24(23)40-20(5)6)28(31(36)38-9-2)21(7)33-32(34)41-27/h10-17,19-20,29H,8-9,18H2,1-7H3/b27-17+/t29-/m0/s1. The van der Waals surface area contributed by atoms with E-state index in [0.29, 0.717) is 62.5 Å². The van der Waals surface area contributed by atoms with Crippen LogP contribution in [0.25, 0.3) is 6.08 Å². The van der Waals surface area contributed by atoms with E-state index in [1.54, 1.807) is 18.4 Å². The lowest BCUT2D eigenvalue weighted by Gasteiger charge is -2.26. The van der Waals surface area contributed by atoms with Crippen molar-refractivity contribution in [2.45, 2.75) is 60.6 Å². The smallest absolute Gasteiger partial charge is 0.338 e. The zero-order valence-electron chi connectivity index (χ0n) is 24.7. The van der Waals surface area contributed by atoms with Crippen molar-refractivity contribution in [3.63, 3.8) is 0 Å². The molecule has 8 nitrogen and oxygen atoms in total. The first kappa shape index (κ1) is 30.1. The number of carbonyl (C=O) groups excluding carboxylic acids is 1. The summed E-state index contributed by atoms with van der Waals surface area (Å²) in [6, 6.07) is 12.3. The molecule has 0 saturated carbocycles. The number of aromatic nitrogens is 1. The highest BCUT2D eigenvalue weighted by Gasteiger charge is 2.35. The molecule has 218 valence electrons. The number of hydrogen-bond acceptors (Lipinski definition) is 8. The molecule has 0 N–H and O–H groups in total. The number of ether oxygens (including phenoxy) is 4. The molecule has 1 aliphatic rings. The Kier molecular flexibility index (Phi) is 9.70. The minimum Gasteiger partial charge on any atom is -0.491 e. The van der Waals surface area contributed by atoms with Crippen molar-refractivity contribution in [1.29, 1.82) is 0 Å². The van der Waals surface area contributed by atoms with Gasteiger partial charge in [0.1, 0.15) is 11.8 Å². The van der Waals surface area contributed by atoms with Gasteiger partial charge < -0.3 is 18.9 Å². The molecule has 1 aliphatic heterocycles. The van der Waals surface area contributed by atoms with Crippen molar-refractivity contribution >= 4 is 23.4 Å². The maximum atomic E-state index is 14.0. The summed E-state index contributed by atoms with van der Waals surface area (Å²) in [5.74, 6) is 1.74. The largest absolute Gasteiger partial charge is 0.491 e. The van der Waals surface area contributed by atoms with Crippen LogP contribution in [0.5, 0.6) is 17.2 Å². The van der Waals surface area contributed by atoms with E-state index < -0.39 is 12.0 Å². The average Bonchev–Trinajstić information content (AvgIpc) is 3.21. The number of carbonyl (C=O) groups is 1. The third-order valence-corrected chi connectivity index (χ3v) is 7.21. The van der Waals surface area contributed by atoms with Crippen molar-refractivity contribution in [2.24, 2.45) is 10.9 Å². The number of rotatable bonds is 11. The van der Waals surface area contributed by atoms with E-state index in [9.17, 15) is 9.59 Å². The highest BCUT2D eigenvalue weighted by molar-refractivity contribution is 7.07. The van der Waals surface area contributed by atoms with Gasteiger partial charge in [-0.05, 0) is 70.4 Å². The molecule has 0 unspecified atom stereocenters. The van der Waals surface area contributed by atoms with E-state index in [0.717, 1.165) is 5.56 Å². The fourth-order valence-electron chi connectivity index (χ4n) is 4.56. The number of benzene rings is 2. The second-order valence-corrected chi connectivity index (χ2v) is 11.4. The maximum Gasteiger partial charge on any atom is 0.338 e. The van der Waals surface area contributed by atoms with Crippen molar-refractivity contribution in [1.82, 2.24) is 4.57 Å². The molecule has 0 bridgehead atoms. The molecule has 9 heteroatoms. The van der Waals surface area contributed by atoms with Gasteiger partial charge in [-0.3, -0.25) is 9.36 Å². The van der Waals surface area contributed by atoms with E-state index in [1.165, 1.54) is 11.3 Å². The van der Waals surface area contributed by atoms with Gasteiger partial charge in [0.25, 0.3) is 5.56 Å². The lowest BCUT2D eigenvalue weighted by molar-refractivity contribution is -0.139. The van der Waals surface area contributed by atoms with Gasteiger partial charge in [0.05, 0.1) is 41.7 Å². The minimum absolute atomic E-state index is 0.102. The molecular weight excluding hydrogens is 540 g/mol. The normalized spacial score (nSPS) is 15.1. The molecule has 2 heterocycles. The Bertz CT molecular complexity index is 1620. The van der Waals surface area contributed by atoms with Gasteiger partial charge in [-0.15, -0.1) is 0 Å². The van der Waals surface area contributed by atoms with Crippen LogP contribution in [0.1, 0.15) is 65.6 Å². The highest BCUT2D eigenvalue weighted by Crippen LogP contribution is 2.36. The fourth-order valence-corrected chi connectivity index (χ4v) is 5.61. The summed E-state index contributed by atoms with van der Waals surface area (Å²) in [6.07, 6.45) is 1.71. The van der Waals surface area contributed by atoms with E-state index in [4.69, 9.17) is 18.9 Å². The Labute approximate surface area is 244 Å². The fraction of sp³-hybridized carbons (Fsp3) is 0.406. The van der Waals surface area contributed by atoms with Gasteiger partial charge >= 0.3 is 5.97 Å². The molecule has 0 spiro atoms. The van der Waals surface area contributed by atoms with Crippen LogP contribution in [0, 0.1) is 5.92 Å². The Morgan fingerprint density at radius 3 is 2.46 bits per heavy atom. The van der Waals surface area contributed by atoms with E-state index in [1.807, 2.05) is 69.3 Å². The second-order valence-electron chi connectivity index (χ2n) is 10.4. The summed E-state index contributed by atoms with van der Waals surface area (Å²) < 4.78 is 25.4. The van der Waals surface area contributed by atoms with Gasteiger partial charge in [0, 0.05) is 5.56 Å². The zero-order chi connectivity index (χ0) is 29.7. The molecule has 0 radical (unpaired) electrons. The summed E-state index contributed by atoms with van der Waals surface area (Å²) in [6.45, 7) is 14.7. The third kappa shape index (κ3) is 6.73. The van der Waals surface area contributed by atoms with Crippen molar-refractivity contribution in [3.05, 3.63) is 84.5 Å². The van der Waals surface area contributed by atoms with E-state index in [-0.39, 0.29) is 18.3 Å². The minimum atomic E-state index is -0.756. The molecule has 1 aromatic heterocycles. The first-order valence-electron chi connectivity index (χ1n) is 14.0. The summed E-state index contributed by atoms with van der Waals surface area (Å²) in [7, 11) is 0. The lowest BCUT2D eigenvalue weighted by Crippen LogP contribution is -2.40. The molecule has 4 rings (SSSR count). The molecule has 2 aromatic carbocycles. The Morgan fingerprint density at radius 2 is 1.78 bits per heavy atom. The topological polar surface area (TPSA) is 88.4 Å². The number of esters is 1. The van der Waals surface area contributed by atoms with Crippen LogP contribution < -0.4 is 29.1 Å². The zero-order valence-corrected chi connectivity index (χ0v) is 25.5. The van der Waals surface area contributed by atoms with Crippen LogP contribution in [0.4, 0.5) is 0 Å². The van der Waals surface area contributed by atoms with Gasteiger partial charge in [0.15, 0.2) is 16.3 Å². The van der Waals surface area contributed by atoms with Crippen molar-refractivity contribution in [2.75, 3.05) is 19.8 Å². The Hall–Kier alpha value is -3.85. The summed E-state index contributed by atoms with van der Waals surface area (Å²) in [5, 5.41) is 0. The van der Waals surface area contributed by atoms with Crippen LogP contribution >= 0.6 is 11.3 Å². The number of fused-ring (bicyclic) bond motifs is 1. The Morgan fingerprint density at radius 1 is 1.02 bits per heavy atom. The number of nitrogens with zero attached hydrogens (tertiary/aromatic N) is 2. The van der Waals surface area contributed by atoms with Crippen LogP contribution in [-0.4, -0.2) is 36.5 Å². The molecule has 0 fully saturated rings. The molecule has 0 saturated heterocycles. The van der Waals surface area contributed by atoms with Gasteiger partial charge in [-0.1, -0.05) is 49.4 Å². The number of allylic oxidation sites excluding steroid dienone is 1. The van der Waals surface area contributed by atoms with Crippen LogP contribution in [0.15, 0.2) is 63.5 Å². The van der Waals surface area contributed by atoms with Crippen LogP contribution in [0.2, 0.25) is 0 Å². The molecule has 1 atom stereocenters. The maximum absolute atomic E-state index is 14.0. The monoisotopic (exact) mass is 578 g/mol. The summed E-state index contributed by atoms with van der Waals surface area (Å²) in [5.41, 5.74) is 2.04.